The van der Waals surface area contributed by atoms with E-state index in [-0.39, 0.29) is 28.5 Å². The molecule has 0 bridgehead atoms. The Labute approximate surface area is 188 Å². The number of methoxy groups -OCH3 is 1. The van der Waals surface area contributed by atoms with E-state index < -0.39 is 17.7 Å². The molecule has 7 heteroatoms. The molecule has 174 valence electrons. The minimum Gasteiger partial charge on any atom is -0.507 e. The molecule has 32 heavy (non-hydrogen) atoms. The molecule has 0 spiro atoms. The van der Waals surface area contributed by atoms with E-state index in [9.17, 15) is 24.9 Å². The van der Waals surface area contributed by atoms with Crippen LogP contribution in [-0.2, 0) is 6.42 Å². The number of phenols is 2. The first kappa shape index (κ1) is 25.0. The zero-order valence-electron chi connectivity index (χ0n) is 19.1. The van der Waals surface area contributed by atoms with Gasteiger partial charge in [0.15, 0.2) is 0 Å². The molecule has 0 aliphatic heterocycles. The lowest BCUT2D eigenvalue weighted by Crippen LogP contribution is -2.14. The number of carboxylic acid groups (broad SMARTS) is 1. The molecular weight excluding hydrogens is 412 g/mol. The molecule has 0 saturated heterocycles. The summed E-state index contributed by atoms with van der Waals surface area (Å²) in [6.45, 7) is 6.02. The molecule has 3 N–H and O–H groups in total. The topological polar surface area (TPSA) is 113 Å². The van der Waals surface area contributed by atoms with Gasteiger partial charge in [-0.3, -0.25) is 0 Å². The number of aryl methyl sites for hydroxylation is 1. The average Bonchev–Trinajstić information content (AvgIpc) is 2.72. The van der Waals surface area contributed by atoms with Gasteiger partial charge >= 0.3 is 11.9 Å². The number of hydrogen-bond donors (Lipinski definition) is 3. The van der Waals surface area contributed by atoms with E-state index in [1.54, 1.807) is 6.07 Å². The van der Waals surface area contributed by atoms with Crippen molar-refractivity contribution < 1.29 is 34.4 Å². The standard InChI is InChI=1S/C25H32O7/c1-5-7-8-10-16-11-18(14-20(26)22(16)24(28)29)32-25(30)23-19(15(3)9-6-2)12-17(31-4)13-21(23)27/h11-15,26-27H,5-10H2,1-4H3,(H,28,29). The van der Waals surface area contributed by atoms with Gasteiger partial charge in [0.25, 0.3) is 0 Å². The van der Waals surface area contributed by atoms with E-state index in [0.717, 1.165) is 38.2 Å². The van der Waals surface area contributed by atoms with Crippen molar-refractivity contribution in [1.82, 2.24) is 0 Å². The van der Waals surface area contributed by atoms with Crippen LogP contribution in [0.25, 0.3) is 0 Å². The van der Waals surface area contributed by atoms with Gasteiger partial charge in [0, 0.05) is 12.1 Å². The third-order valence-electron chi connectivity index (χ3n) is 5.46. The van der Waals surface area contributed by atoms with Crippen molar-refractivity contribution in [2.45, 2.75) is 65.2 Å². The van der Waals surface area contributed by atoms with Crippen LogP contribution in [0.15, 0.2) is 24.3 Å². The van der Waals surface area contributed by atoms with Crippen molar-refractivity contribution in [1.29, 1.82) is 0 Å². The van der Waals surface area contributed by atoms with Crippen molar-refractivity contribution >= 4 is 11.9 Å². The van der Waals surface area contributed by atoms with Crippen LogP contribution in [0.5, 0.6) is 23.0 Å². The normalized spacial score (nSPS) is 11.8. The lowest BCUT2D eigenvalue weighted by Gasteiger charge is -2.18. The molecule has 0 heterocycles. The fourth-order valence-electron chi connectivity index (χ4n) is 3.82. The quantitative estimate of drug-likeness (QED) is 0.233. The first-order chi connectivity index (χ1) is 15.2. The summed E-state index contributed by atoms with van der Waals surface area (Å²) < 4.78 is 10.7. The third-order valence-corrected chi connectivity index (χ3v) is 5.46. The van der Waals surface area contributed by atoms with Gasteiger partial charge in [0.1, 0.15) is 34.1 Å². The Morgan fingerprint density at radius 2 is 1.59 bits per heavy atom. The molecule has 0 aromatic heterocycles. The number of aromatic hydroxyl groups is 2. The van der Waals surface area contributed by atoms with Crippen molar-refractivity contribution in [2.75, 3.05) is 7.11 Å². The molecule has 2 rings (SSSR count). The summed E-state index contributed by atoms with van der Waals surface area (Å²) in [4.78, 5) is 24.6. The van der Waals surface area contributed by atoms with E-state index in [1.807, 2.05) is 20.8 Å². The van der Waals surface area contributed by atoms with E-state index in [2.05, 4.69) is 0 Å². The van der Waals surface area contributed by atoms with Gasteiger partial charge in [-0.2, -0.15) is 0 Å². The van der Waals surface area contributed by atoms with Gasteiger partial charge < -0.3 is 24.8 Å². The van der Waals surface area contributed by atoms with E-state index in [1.165, 1.54) is 19.2 Å². The van der Waals surface area contributed by atoms with E-state index in [0.29, 0.717) is 23.3 Å². The number of esters is 1. The van der Waals surface area contributed by atoms with Crippen molar-refractivity contribution in [3.8, 4) is 23.0 Å². The van der Waals surface area contributed by atoms with Crippen LogP contribution in [0, 0.1) is 0 Å². The van der Waals surface area contributed by atoms with Gasteiger partial charge in [-0.1, -0.05) is 40.0 Å². The number of carbonyl (C=O) groups is 2. The highest BCUT2D eigenvalue weighted by Gasteiger charge is 2.25. The van der Waals surface area contributed by atoms with Gasteiger partial charge in [-0.15, -0.1) is 0 Å². The second-order valence-electron chi connectivity index (χ2n) is 7.93. The van der Waals surface area contributed by atoms with Crippen LogP contribution in [0.1, 0.15) is 90.6 Å². The first-order valence-electron chi connectivity index (χ1n) is 11.0. The van der Waals surface area contributed by atoms with Crippen LogP contribution in [-0.4, -0.2) is 34.4 Å². The van der Waals surface area contributed by atoms with E-state index >= 15 is 0 Å². The number of phenolic OH excluding ortho intramolecular Hbond substituents is 1. The summed E-state index contributed by atoms with van der Waals surface area (Å²) in [6, 6.07) is 5.63. The maximum atomic E-state index is 13.0. The molecule has 2 aromatic carbocycles. The maximum absolute atomic E-state index is 13.0. The lowest BCUT2D eigenvalue weighted by atomic mass is 9.91. The predicted molar refractivity (Wildman–Crippen MR) is 121 cm³/mol. The number of hydrogen-bond acceptors (Lipinski definition) is 6. The number of rotatable bonds is 11. The monoisotopic (exact) mass is 444 g/mol. The predicted octanol–water partition coefficient (Wildman–Crippen LogP) is 5.66. The van der Waals surface area contributed by atoms with Gasteiger partial charge in [0.2, 0.25) is 0 Å². The summed E-state index contributed by atoms with van der Waals surface area (Å²) in [6.07, 6.45) is 4.72. The second kappa shape index (κ2) is 11.4. The zero-order valence-corrected chi connectivity index (χ0v) is 19.1. The second-order valence-corrected chi connectivity index (χ2v) is 7.93. The van der Waals surface area contributed by atoms with E-state index in [4.69, 9.17) is 9.47 Å². The molecule has 2 aromatic rings. The Morgan fingerprint density at radius 1 is 0.938 bits per heavy atom. The SMILES string of the molecule is CCCCCc1cc(OC(=O)c2c(O)cc(OC)cc2C(C)CCC)cc(O)c1C(=O)O. The fourth-order valence-corrected chi connectivity index (χ4v) is 3.82. The van der Waals surface area contributed by atoms with Crippen molar-refractivity contribution in [2.24, 2.45) is 0 Å². The van der Waals surface area contributed by atoms with Crippen molar-refractivity contribution in [3.05, 3.63) is 46.5 Å². The molecule has 1 atom stereocenters. The molecule has 0 aliphatic carbocycles. The minimum absolute atomic E-state index is 0.0216. The summed E-state index contributed by atoms with van der Waals surface area (Å²) >= 11 is 0. The number of ether oxygens (including phenoxy) is 2. The summed E-state index contributed by atoms with van der Waals surface area (Å²) in [5, 5.41) is 30.3. The molecule has 0 aliphatic rings. The highest BCUT2D eigenvalue weighted by atomic mass is 16.5. The number of carbonyl (C=O) groups excluding carboxylic acids is 1. The highest BCUT2D eigenvalue weighted by molar-refractivity contribution is 5.97. The molecule has 0 fully saturated rings. The lowest BCUT2D eigenvalue weighted by molar-refractivity contribution is 0.0692. The molecular formula is C25H32O7. The first-order valence-corrected chi connectivity index (χ1v) is 11.0. The van der Waals surface area contributed by atoms with Gasteiger partial charge in [-0.05, 0) is 48.4 Å². The Morgan fingerprint density at radius 3 is 2.19 bits per heavy atom. The number of aromatic carboxylic acids is 1. The molecule has 1 unspecified atom stereocenters. The zero-order chi connectivity index (χ0) is 23.8. The molecule has 0 saturated carbocycles. The largest absolute Gasteiger partial charge is 0.507 e. The summed E-state index contributed by atoms with van der Waals surface area (Å²) in [5.41, 5.74) is 0.835. The van der Waals surface area contributed by atoms with Crippen LogP contribution >= 0.6 is 0 Å². The molecule has 0 amide bonds. The van der Waals surface area contributed by atoms with Gasteiger partial charge in [0.05, 0.1) is 7.11 Å². The van der Waals surface area contributed by atoms with Gasteiger partial charge in [-0.25, -0.2) is 9.59 Å². The molecule has 7 nitrogen and oxygen atoms in total. The Hall–Kier alpha value is -3.22. The Bertz CT molecular complexity index is 965. The molecule has 0 radical (unpaired) electrons. The minimum atomic E-state index is -1.24. The highest BCUT2D eigenvalue weighted by Crippen LogP contribution is 2.36. The summed E-state index contributed by atoms with van der Waals surface area (Å²) in [5.74, 6) is -2.34. The summed E-state index contributed by atoms with van der Waals surface area (Å²) in [7, 11) is 1.48. The van der Waals surface area contributed by atoms with Crippen LogP contribution in [0.3, 0.4) is 0 Å². The smallest absolute Gasteiger partial charge is 0.347 e. The number of unbranched alkanes of at least 4 members (excludes halogenated alkanes) is 2. The Kier molecular flexibility index (Phi) is 8.93. The number of benzene rings is 2. The fraction of sp³-hybridized carbons (Fsp3) is 0.440. The average molecular weight is 445 g/mol. The number of carboxylic acids is 1. The Balaban J connectivity index is 2.45. The van der Waals surface area contributed by atoms with Crippen LogP contribution in [0.4, 0.5) is 0 Å². The third kappa shape index (κ3) is 5.93. The van der Waals surface area contributed by atoms with Crippen LogP contribution < -0.4 is 9.47 Å². The maximum Gasteiger partial charge on any atom is 0.347 e. The van der Waals surface area contributed by atoms with Crippen LogP contribution in [0.2, 0.25) is 0 Å². The van der Waals surface area contributed by atoms with Crippen molar-refractivity contribution in [3.63, 3.8) is 0 Å².